The third-order valence-corrected chi connectivity index (χ3v) is 5.18. The average Bonchev–Trinajstić information content (AvgIpc) is 3.29. The zero-order valence-corrected chi connectivity index (χ0v) is 17.0. The van der Waals surface area contributed by atoms with Crippen LogP contribution in [0.25, 0.3) is 0 Å². The predicted octanol–water partition coefficient (Wildman–Crippen LogP) is 4.14. The van der Waals surface area contributed by atoms with Crippen LogP contribution < -0.4 is 10.1 Å². The molecule has 3 rings (SSSR count). The van der Waals surface area contributed by atoms with Crippen LogP contribution >= 0.6 is 11.3 Å². The fourth-order valence-electron chi connectivity index (χ4n) is 2.90. The number of esters is 1. The number of methoxy groups -OCH3 is 1. The number of rotatable bonds is 9. The van der Waals surface area contributed by atoms with E-state index in [1.54, 1.807) is 18.4 Å². The number of nitrogens with one attached hydrogen (secondary N) is 1. The highest BCUT2D eigenvalue weighted by Gasteiger charge is 2.18. The summed E-state index contributed by atoms with van der Waals surface area (Å²) in [6, 6.07) is 18.8. The van der Waals surface area contributed by atoms with Gasteiger partial charge in [0.15, 0.2) is 6.61 Å². The van der Waals surface area contributed by atoms with E-state index < -0.39 is 0 Å². The molecular formula is C23H23NO4S. The van der Waals surface area contributed by atoms with E-state index in [0.29, 0.717) is 6.42 Å². The molecule has 0 saturated carbocycles. The number of carbonyl (C=O) groups excluding carboxylic acids is 2. The van der Waals surface area contributed by atoms with Crippen LogP contribution in [0, 0.1) is 0 Å². The number of ether oxygens (including phenoxy) is 2. The first-order valence-electron chi connectivity index (χ1n) is 9.30. The molecule has 5 nitrogen and oxygen atoms in total. The minimum atomic E-state index is -0.382. The molecule has 2 aromatic carbocycles. The first kappa shape index (κ1) is 20.6. The van der Waals surface area contributed by atoms with Crippen LogP contribution in [-0.2, 0) is 20.7 Å². The SMILES string of the molecule is COc1ccc([C@H](NC(=O)COC(=O)CCc2ccsc2)c2ccccc2)cc1. The topological polar surface area (TPSA) is 64.6 Å². The minimum absolute atomic E-state index is 0.255. The third kappa shape index (κ3) is 6.19. The Bertz CT molecular complexity index is 908. The lowest BCUT2D eigenvalue weighted by atomic mass is 9.98. The Morgan fingerprint density at radius 1 is 1.00 bits per heavy atom. The predicted molar refractivity (Wildman–Crippen MR) is 113 cm³/mol. The van der Waals surface area contributed by atoms with Crippen molar-refractivity contribution < 1.29 is 19.1 Å². The summed E-state index contributed by atoms with van der Waals surface area (Å²) in [7, 11) is 1.61. The van der Waals surface area contributed by atoms with Crippen LogP contribution in [0.3, 0.4) is 0 Å². The zero-order valence-electron chi connectivity index (χ0n) is 16.2. The summed E-state index contributed by atoms with van der Waals surface area (Å²) in [5.41, 5.74) is 2.95. The van der Waals surface area contributed by atoms with Crippen LogP contribution in [0.5, 0.6) is 5.75 Å². The number of amides is 1. The van der Waals surface area contributed by atoms with Gasteiger partial charge in [0, 0.05) is 6.42 Å². The van der Waals surface area contributed by atoms with Gasteiger partial charge >= 0.3 is 5.97 Å². The van der Waals surface area contributed by atoms with E-state index in [2.05, 4.69) is 5.32 Å². The van der Waals surface area contributed by atoms with Crippen molar-refractivity contribution in [3.63, 3.8) is 0 Å². The Balaban J connectivity index is 1.59. The van der Waals surface area contributed by atoms with Crippen LogP contribution in [0.1, 0.15) is 29.2 Å². The molecule has 3 aromatic rings. The highest BCUT2D eigenvalue weighted by molar-refractivity contribution is 7.07. The van der Waals surface area contributed by atoms with Gasteiger partial charge in [0.05, 0.1) is 13.2 Å². The summed E-state index contributed by atoms with van der Waals surface area (Å²) in [4.78, 5) is 24.4. The maximum absolute atomic E-state index is 12.4. The first-order valence-corrected chi connectivity index (χ1v) is 10.2. The Hall–Kier alpha value is -3.12. The molecule has 0 spiro atoms. The lowest BCUT2D eigenvalue weighted by Crippen LogP contribution is -2.33. The van der Waals surface area contributed by atoms with Gasteiger partial charge in [0.25, 0.3) is 5.91 Å². The van der Waals surface area contributed by atoms with Crippen LogP contribution in [0.2, 0.25) is 0 Å². The lowest BCUT2D eigenvalue weighted by Gasteiger charge is -2.20. The van der Waals surface area contributed by atoms with Crippen molar-refractivity contribution in [2.45, 2.75) is 18.9 Å². The molecule has 1 heterocycles. The van der Waals surface area contributed by atoms with Gasteiger partial charge in [-0.05, 0) is 52.1 Å². The fraction of sp³-hybridized carbons (Fsp3) is 0.217. The van der Waals surface area contributed by atoms with Crippen molar-refractivity contribution in [1.82, 2.24) is 5.32 Å². The molecule has 0 fully saturated rings. The first-order chi connectivity index (χ1) is 14.2. The highest BCUT2D eigenvalue weighted by atomic mass is 32.1. The summed E-state index contributed by atoms with van der Waals surface area (Å²) >= 11 is 1.59. The zero-order chi connectivity index (χ0) is 20.5. The highest BCUT2D eigenvalue weighted by Crippen LogP contribution is 2.24. The standard InChI is InChI=1S/C23H23NO4S/c1-27-20-10-8-19(9-11-20)23(18-5-3-2-4-6-18)24-21(25)15-28-22(26)12-7-17-13-14-29-16-17/h2-6,8-11,13-14,16,23H,7,12,15H2,1H3,(H,24,25)/t23-/m1/s1. The molecule has 0 unspecified atom stereocenters. The second-order valence-electron chi connectivity index (χ2n) is 6.48. The quantitative estimate of drug-likeness (QED) is 0.540. The maximum Gasteiger partial charge on any atom is 0.306 e. The monoisotopic (exact) mass is 409 g/mol. The van der Waals surface area contributed by atoms with E-state index in [4.69, 9.17) is 9.47 Å². The minimum Gasteiger partial charge on any atom is -0.497 e. The smallest absolute Gasteiger partial charge is 0.306 e. The van der Waals surface area contributed by atoms with Crippen molar-refractivity contribution in [3.8, 4) is 5.75 Å². The van der Waals surface area contributed by atoms with E-state index in [0.717, 1.165) is 22.4 Å². The van der Waals surface area contributed by atoms with Crippen molar-refractivity contribution in [1.29, 1.82) is 0 Å². The van der Waals surface area contributed by atoms with Gasteiger partial charge in [0.2, 0.25) is 0 Å². The number of hydrogen-bond acceptors (Lipinski definition) is 5. The summed E-state index contributed by atoms with van der Waals surface area (Å²) in [6.45, 7) is -0.304. The Morgan fingerprint density at radius 2 is 1.72 bits per heavy atom. The lowest BCUT2D eigenvalue weighted by molar-refractivity contribution is -0.148. The number of hydrogen-bond donors (Lipinski definition) is 1. The van der Waals surface area contributed by atoms with Gasteiger partial charge in [-0.25, -0.2) is 0 Å². The van der Waals surface area contributed by atoms with E-state index in [1.807, 2.05) is 71.4 Å². The van der Waals surface area contributed by atoms with Gasteiger partial charge in [-0.15, -0.1) is 0 Å². The van der Waals surface area contributed by atoms with E-state index >= 15 is 0 Å². The van der Waals surface area contributed by atoms with Gasteiger partial charge in [0.1, 0.15) is 5.75 Å². The molecule has 1 amide bonds. The van der Waals surface area contributed by atoms with Gasteiger partial charge < -0.3 is 14.8 Å². The van der Waals surface area contributed by atoms with Gasteiger partial charge in [-0.3, -0.25) is 9.59 Å². The van der Waals surface area contributed by atoms with Crippen LogP contribution in [0.4, 0.5) is 0 Å². The van der Waals surface area contributed by atoms with Gasteiger partial charge in [-0.1, -0.05) is 42.5 Å². The molecule has 0 aliphatic carbocycles. The van der Waals surface area contributed by atoms with Crippen molar-refractivity contribution >= 4 is 23.2 Å². The molecule has 0 bridgehead atoms. The summed E-state index contributed by atoms with van der Waals surface area (Å²) in [5.74, 6) is 0.0112. The summed E-state index contributed by atoms with van der Waals surface area (Å²) < 4.78 is 10.3. The number of carbonyl (C=O) groups is 2. The summed E-state index contributed by atoms with van der Waals surface area (Å²) in [5, 5.41) is 6.93. The molecule has 0 saturated heterocycles. The van der Waals surface area contributed by atoms with Crippen molar-refractivity contribution in [2.75, 3.05) is 13.7 Å². The molecule has 0 radical (unpaired) electrons. The molecule has 6 heteroatoms. The van der Waals surface area contributed by atoms with E-state index in [9.17, 15) is 9.59 Å². The normalized spacial score (nSPS) is 11.5. The fourth-order valence-corrected chi connectivity index (χ4v) is 3.61. The molecular weight excluding hydrogens is 386 g/mol. The van der Waals surface area contributed by atoms with Crippen molar-refractivity contribution in [3.05, 3.63) is 88.1 Å². The largest absolute Gasteiger partial charge is 0.497 e. The number of thiophene rings is 1. The third-order valence-electron chi connectivity index (χ3n) is 4.45. The number of aryl methyl sites for hydroxylation is 1. The molecule has 29 heavy (non-hydrogen) atoms. The second kappa shape index (κ2) is 10.4. The molecule has 1 aromatic heterocycles. The molecule has 0 aliphatic rings. The van der Waals surface area contributed by atoms with E-state index in [-0.39, 0.29) is 30.9 Å². The number of benzene rings is 2. The van der Waals surface area contributed by atoms with Crippen molar-refractivity contribution in [2.24, 2.45) is 0 Å². The Labute approximate surface area is 174 Å². The maximum atomic E-state index is 12.4. The molecule has 1 N–H and O–H groups in total. The second-order valence-corrected chi connectivity index (χ2v) is 7.26. The molecule has 0 aliphatic heterocycles. The van der Waals surface area contributed by atoms with E-state index in [1.165, 1.54) is 0 Å². The molecule has 150 valence electrons. The van der Waals surface area contributed by atoms with Crippen LogP contribution in [-0.4, -0.2) is 25.6 Å². The van der Waals surface area contributed by atoms with Crippen LogP contribution in [0.15, 0.2) is 71.4 Å². The van der Waals surface area contributed by atoms with Gasteiger partial charge in [-0.2, -0.15) is 11.3 Å². The Morgan fingerprint density at radius 3 is 2.38 bits per heavy atom. The average molecular weight is 410 g/mol. The molecule has 1 atom stereocenters. The summed E-state index contributed by atoms with van der Waals surface area (Å²) in [6.07, 6.45) is 0.868. The Kier molecular flexibility index (Phi) is 7.41.